The van der Waals surface area contributed by atoms with Crippen LogP contribution in [-0.4, -0.2) is 17.7 Å². The largest absolute Gasteiger partial charge is 0.492 e. The Labute approximate surface area is 147 Å². The molecule has 4 heteroatoms. The lowest BCUT2D eigenvalue weighted by atomic mass is 9.76. The van der Waals surface area contributed by atoms with E-state index in [0.29, 0.717) is 24.0 Å². The molecule has 128 valence electrons. The number of carbonyl (C=O) groups is 1. The quantitative estimate of drug-likeness (QED) is 0.801. The summed E-state index contributed by atoms with van der Waals surface area (Å²) in [6, 6.07) is 13.5. The third kappa shape index (κ3) is 2.68. The van der Waals surface area contributed by atoms with E-state index in [2.05, 4.69) is 23.5 Å². The highest BCUT2D eigenvalue weighted by Crippen LogP contribution is 2.52. The summed E-state index contributed by atoms with van der Waals surface area (Å²) in [6.07, 6.45) is 5.49. The summed E-state index contributed by atoms with van der Waals surface area (Å²) in [5.74, 6) is 0.677. The van der Waals surface area contributed by atoms with E-state index in [1.165, 1.54) is 5.56 Å². The summed E-state index contributed by atoms with van der Waals surface area (Å²) >= 11 is 0. The molecule has 0 radical (unpaired) electrons. The Kier molecular flexibility index (Phi) is 3.96. The first-order valence-corrected chi connectivity index (χ1v) is 8.71. The fraction of sp³-hybridized carbons (Fsp3) is 0.286. The van der Waals surface area contributed by atoms with Gasteiger partial charge in [-0.2, -0.15) is 0 Å². The number of carboxylic acid groups (broad SMARTS) is 1. The van der Waals surface area contributed by atoms with Crippen LogP contribution >= 0.6 is 0 Å². The number of ether oxygens (including phenoxy) is 1. The van der Waals surface area contributed by atoms with Crippen LogP contribution < -0.4 is 10.1 Å². The van der Waals surface area contributed by atoms with Crippen molar-refractivity contribution < 1.29 is 14.6 Å². The molecular formula is C21H21NO3. The second-order valence-electron chi connectivity index (χ2n) is 6.56. The molecule has 0 amide bonds. The SMILES string of the molecule is CCOc1cccc2c1NC(c1cccc(C(=O)O)c1)[C@H]1CC=C[C@@H]21. The van der Waals surface area contributed by atoms with Gasteiger partial charge in [-0.25, -0.2) is 4.79 Å². The first-order chi connectivity index (χ1) is 12.2. The molecule has 0 bridgehead atoms. The van der Waals surface area contributed by atoms with Gasteiger partial charge in [0.2, 0.25) is 0 Å². The highest BCUT2D eigenvalue weighted by molar-refractivity contribution is 5.87. The van der Waals surface area contributed by atoms with Crippen molar-refractivity contribution >= 4 is 11.7 Å². The summed E-state index contributed by atoms with van der Waals surface area (Å²) < 4.78 is 5.82. The van der Waals surface area contributed by atoms with Crippen molar-refractivity contribution in [2.24, 2.45) is 5.92 Å². The van der Waals surface area contributed by atoms with Gasteiger partial charge in [0.25, 0.3) is 0 Å². The van der Waals surface area contributed by atoms with E-state index in [4.69, 9.17) is 4.74 Å². The highest BCUT2D eigenvalue weighted by Gasteiger charge is 2.39. The number of hydrogen-bond acceptors (Lipinski definition) is 3. The Morgan fingerprint density at radius 2 is 2.12 bits per heavy atom. The maximum Gasteiger partial charge on any atom is 0.335 e. The number of aromatic carboxylic acids is 1. The van der Waals surface area contributed by atoms with Gasteiger partial charge >= 0.3 is 5.97 Å². The monoisotopic (exact) mass is 335 g/mol. The zero-order chi connectivity index (χ0) is 17.4. The first kappa shape index (κ1) is 15.8. The maximum atomic E-state index is 11.3. The minimum absolute atomic E-state index is 0.0633. The van der Waals surface area contributed by atoms with Crippen LogP contribution in [0.5, 0.6) is 5.75 Å². The zero-order valence-electron chi connectivity index (χ0n) is 14.1. The molecule has 3 atom stereocenters. The van der Waals surface area contributed by atoms with E-state index >= 15 is 0 Å². The minimum atomic E-state index is -0.894. The average molecular weight is 335 g/mol. The molecule has 4 rings (SSSR count). The number of para-hydroxylation sites is 1. The zero-order valence-corrected chi connectivity index (χ0v) is 14.1. The van der Waals surface area contributed by atoms with Gasteiger partial charge in [-0.05, 0) is 48.6 Å². The Hall–Kier alpha value is -2.75. The van der Waals surface area contributed by atoms with Crippen molar-refractivity contribution in [3.05, 3.63) is 71.3 Å². The van der Waals surface area contributed by atoms with Crippen LogP contribution in [-0.2, 0) is 0 Å². The molecule has 4 nitrogen and oxygen atoms in total. The fourth-order valence-corrected chi connectivity index (χ4v) is 4.06. The molecule has 1 aliphatic carbocycles. The lowest BCUT2D eigenvalue weighted by Gasteiger charge is -2.38. The predicted octanol–water partition coefficient (Wildman–Crippen LogP) is 4.61. The number of nitrogens with one attached hydrogen (secondary N) is 1. The Morgan fingerprint density at radius 1 is 1.28 bits per heavy atom. The van der Waals surface area contributed by atoms with Crippen LogP contribution in [0.1, 0.15) is 46.8 Å². The lowest BCUT2D eigenvalue weighted by molar-refractivity contribution is 0.0696. The number of allylic oxidation sites excluding steroid dienone is 2. The van der Waals surface area contributed by atoms with Crippen LogP contribution in [0.15, 0.2) is 54.6 Å². The van der Waals surface area contributed by atoms with Crippen LogP contribution in [0.2, 0.25) is 0 Å². The highest BCUT2D eigenvalue weighted by atomic mass is 16.5. The number of fused-ring (bicyclic) bond motifs is 3. The van der Waals surface area contributed by atoms with Gasteiger partial charge in [0, 0.05) is 5.92 Å². The van der Waals surface area contributed by atoms with Crippen LogP contribution in [0, 0.1) is 5.92 Å². The number of hydrogen-bond donors (Lipinski definition) is 2. The van der Waals surface area contributed by atoms with Crippen LogP contribution in [0.3, 0.4) is 0 Å². The second-order valence-corrected chi connectivity index (χ2v) is 6.56. The van der Waals surface area contributed by atoms with E-state index in [1.807, 2.05) is 31.2 Å². The van der Waals surface area contributed by atoms with Crippen molar-refractivity contribution in [1.82, 2.24) is 0 Å². The van der Waals surface area contributed by atoms with E-state index in [0.717, 1.165) is 23.4 Å². The fourth-order valence-electron chi connectivity index (χ4n) is 4.06. The Morgan fingerprint density at radius 3 is 2.92 bits per heavy atom. The predicted molar refractivity (Wildman–Crippen MR) is 97.4 cm³/mol. The van der Waals surface area contributed by atoms with E-state index in [1.54, 1.807) is 12.1 Å². The summed E-state index contributed by atoms with van der Waals surface area (Å²) in [5, 5.41) is 13.0. The van der Waals surface area contributed by atoms with E-state index in [9.17, 15) is 9.90 Å². The second kappa shape index (κ2) is 6.28. The van der Waals surface area contributed by atoms with Crippen molar-refractivity contribution in [2.75, 3.05) is 11.9 Å². The molecule has 2 aliphatic rings. The smallest absolute Gasteiger partial charge is 0.335 e. The van der Waals surface area contributed by atoms with Crippen molar-refractivity contribution in [3.8, 4) is 5.75 Å². The van der Waals surface area contributed by atoms with Crippen molar-refractivity contribution in [2.45, 2.75) is 25.3 Å². The van der Waals surface area contributed by atoms with Crippen molar-refractivity contribution in [1.29, 1.82) is 0 Å². The molecule has 1 heterocycles. The topological polar surface area (TPSA) is 58.6 Å². The number of anilines is 1. The summed E-state index contributed by atoms with van der Waals surface area (Å²) in [6.45, 7) is 2.59. The van der Waals surface area contributed by atoms with Gasteiger partial charge in [0.1, 0.15) is 5.75 Å². The Bertz CT molecular complexity index is 843. The molecular weight excluding hydrogens is 314 g/mol. The Balaban J connectivity index is 1.79. The molecule has 2 aromatic carbocycles. The van der Waals surface area contributed by atoms with Gasteiger partial charge in [-0.3, -0.25) is 0 Å². The molecule has 25 heavy (non-hydrogen) atoms. The van der Waals surface area contributed by atoms with Gasteiger partial charge in [0.05, 0.1) is 23.9 Å². The first-order valence-electron chi connectivity index (χ1n) is 8.71. The van der Waals surface area contributed by atoms with Crippen LogP contribution in [0.4, 0.5) is 5.69 Å². The normalized spacial score (nSPS) is 23.5. The van der Waals surface area contributed by atoms with Crippen molar-refractivity contribution in [3.63, 3.8) is 0 Å². The average Bonchev–Trinajstić information content (AvgIpc) is 3.12. The third-order valence-electron chi connectivity index (χ3n) is 5.15. The van der Waals surface area contributed by atoms with Crippen LogP contribution in [0.25, 0.3) is 0 Å². The maximum absolute atomic E-state index is 11.3. The van der Waals surface area contributed by atoms with Gasteiger partial charge < -0.3 is 15.2 Å². The molecule has 0 fully saturated rings. The third-order valence-corrected chi connectivity index (χ3v) is 5.15. The standard InChI is InChI=1S/C21H21NO3/c1-2-25-18-11-5-10-17-15-8-4-9-16(15)19(22-20(17)18)13-6-3-7-14(12-13)21(23)24/h3-8,10-12,15-16,19,22H,2,9H2,1H3,(H,23,24)/t15-,16+,19?/m1/s1. The summed E-state index contributed by atoms with van der Waals surface area (Å²) in [7, 11) is 0. The molecule has 1 unspecified atom stereocenters. The number of carboxylic acids is 1. The number of benzene rings is 2. The van der Waals surface area contributed by atoms with Gasteiger partial charge in [-0.15, -0.1) is 0 Å². The molecule has 0 aromatic heterocycles. The van der Waals surface area contributed by atoms with Gasteiger partial charge in [-0.1, -0.05) is 36.4 Å². The molecule has 1 aliphatic heterocycles. The molecule has 0 saturated heterocycles. The van der Waals surface area contributed by atoms with Gasteiger partial charge in [0.15, 0.2) is 0 Å². The lowest BCUT2D eigenvalue weighted by Crippen LogP contribution is -2.29. The molecule has 2 aromatic rings. The molecule has 0 saturated carbocycles. The minimum Gasteiger partial charge on any atom is -0.492 e. The number of rotatable bonds is 4. The van der Waals surface area contributed by atoms with E-state index in [-0.39, 0.29) is 6.04 Å². The molecule has 0 spiro atoms. The summed E-state index contributed by atoms with van der Waals surface area (Å²) in [4.78, 5) is 11.3. The van der Waals surface area contributed by atoms with E-state index < -0.39 is 5.97 Å². The summed E-state index contributed by atoms with van der Waals surface area (Å²) in [5.41, 5.74) is 3.62. The molecule has 2 N–H and O–H groups in total.